The molecule has 3 heteroatoms. The van der Waals surface area contributed by atoms with Crippen LogP contribution in [0.3, 0.4) is 0 Å². The predicted octanol–water partition coefficient (Wildman–Crippen LogP) is 3.91. The lowest BCUT2D eigenvalue weighted by atomic mass is 10.1. The largest absolute Gasteiger partial charge is 0.373 e. The smallest absolute Gasteiger partial charge is 0.129 e. The zero-order valence-corrected chi connectivity index (χ0v) is 11.4. The molecule has 0 bridgehead atoms. The number of halogens is 1. The summed E-state index contributed by atoms with van der Waals surface area (Å²) in [5, 5.41) is 4.35. The van der Waals surface area contributed by atoms with Crippen molar-refractivity contribution in [3.05, 3.63) is 33.8 Å². The number of rotatable bonds is 2. The molecule has 1 aromatic heterocycles. The fourth-order valence-corrected chi connectivity index (χ4v) is 2.54. The van der Waals surface area contributed by atoms with Crippen LogP contribution in [0, 0.1) is 6.92 Å². The SMILES string of the molecule is CCc1cc2cc(Br)cc(C)c2nc1NC. The Kier molecular flexibility index (Phi) is 3.15. The quantitative estimate of drug-likeness (QED) is 0.901. The minimum absolute atomic E-state index is 0.987. The zero-order chi connectivity index (χ0) is 11.7. The van der Waals surface area contributed by atoms with E-state index in [9.17, 15) is 0 Å². The lowest BCUT2D eigenvalue weighted by Gasteiger charge is -2.10. The first kappa shape index (κ1) is 11.4. The summed E-state index contributed by atoms with van der Waals surface area (Å²) >= 11 is 3.52. The number of aryl methyl sites for hydroxylation is 2. The van der Waals surface area contributed by atoms with E-state index in [0.717, 1.165) is 22.2 Å². The van der Waals surface area contributed by atoms with Crippen molar-refractivity contribution < 1.29 is 0 Å². The van der Waals surface area contributed by atoms with E-state index in [4.69, 9.17) is 0 Å². The van der Waals surface area contributed by atoms with Gasteiger partial charge in [-0.25, -0.2) is 4.98 Å². The minimum atomic E-state index is 0.987. The van der Waals surface area contributed by atoms with E-state index in [1.54, 1.807) is 0 Å². The summed E-state index contributed by atoms with van der Waals surface area (Å²) in [7, 11) is 1.92. The third kappa shape index (κ3) is 1.92. The van der Waals surface area contributed by atoms with E-state index in [1.807, 2.05) is 7.05 Å². The summed E-state index contributed by atoms with van der Waals surface area (Å²) in [5.74, 6) is 0.987. The molecule has 1 aromatic carbocycles. The Morgan fingerprint density at radius 2 is 2.06 bits per heavy atom. The van der Waals surface area contributed by atoms with E-state index < -0.39 is 0 Å². The van der Waals surface area contributed by atoms with Gasteiger partial charge in [0.15, 0.2) is 0 Å². The number of benzene rings is 1. The molecule has 84 valence electrons. The highest BCUT2D eigenvalue weighted by Gasteiger charge is 2.06. The van der Waals surface area contributed by atoms with Gasteiger partial charge in [0.25, 0.3) is 0 Å². The molecule has 1 heterocycles. The van der Waals surface area contributed by atoms with Gasteiger partial charge in [-0.2, -0.15) is 0 Å². The van der Waals surface area contributed by atoms with Gasteiger partial charge in [0.2, 0.25) is 0 Å². The lowest BCUT2D eigenvalue weighted by molar-refractivity contribution is 1.11. The molecule has 0 aliphatic heterocycles. The third-order valence-electron chi connectivity index (χ3n) is 2.77. The highest BCUT2D eigenvalue weighted by molar-refractivity contribution is 9.10. The van der Waals surface area contributed by atoms with E-state index in [0.29, 0.717) is 0 Å². The van der Waals surface area contributed by atoms with E-state index >= 15 is 0 Å². The first-order valence-electron chi connectivity index (χ1n) is 5.43. The Bertz CT molecular complexity index is 535. The molecule has 0 atom stereocenters. The Balaban J connectivity index is 2.78. The second-order valence-corrected chi connectivity index (χ2v) is 4.81. The average Bonchev–Trinajstić information content (AvgIpc) is 2.27. The molecule has 2 aromatic rings. The second kappa shape index (κ2) is 4.42. The second-order valence-electron chi connectivity index (χ2n) is 3.89. The summed E-state index contributed by atoms with van der Waals surface area (Å²) in [4.78, 5) is 4.67. The van der Waals surface area contributed by atoms with E-state index in [-0.39, 0.29) is 0 Å². The summed E-state index contributed by atoms with van der Waals surface area (Å²) < 4.78 is 1.11. The lowest BCUT2D eigenvalue weighted by Crippen LogP contribution is -1.99. The summed E-state index contributed by atoms with van der Waals surface area (Å²) in [5.41, 5.74) is 3.53. The molecule has 0 spiro atoms. The maximum Gasteiger partial charge on any atom is 0.129 e. The van der Waals surface area contributed by atoms with E-state index in [2.05, 4.69) is 58.3 Å². The van der Waals surface area contributed by atoms with Crippen LogP contribution in [-0.2, 0) is 6.42 Å². The monoisotopic (exact) mass is 278 g/mol. The molecule has 16 heavy (non-hydrogen) atoms. The fraction of sp³-hybridized carbons (Fsp3) is 0.308. The van der Waals surface area contributed by atoms with Gasteiger partial charge >= 0.3 is 0 Å². The molecular formula is C13H15BrN2. The van der Waals surface area contributed by atoms with Gasteiger partial charge in [-0.05, 0) is 42.7 Å². The molecule has 0 fully saturated rings. The van der Waals surface area contributed by atoms with Gasteiger partial charge in [0.1, 0.15) is 5.82 Å². The maximum absolute atomic E-state index is 4.67. The van der Waals surface area contributed by atoms with E-state index in [1.165, 1.54) is 16.5 Å². The van der Waals surface area contributed by atoms with Crippen molar-refractivity contribution in [2.24, 2.45) is 0 Å². The van der Waals surface area contributed by atoms with Crippen LogP contribution in [0.1, 0.15) is 18.1 Å². The highest BCUT2D eigenvalue weighted by Crippen LogP contribution is 2.26. The van der Waals surface area contributed by atoms with Gasteiger partial charge in [-0.1, -0.05) is 22.9 Å². The molecule has 1 N–H and O–H groups in total. The number of hydrogen-bond acceptors (Lipinski definition) is 2. The first-order chi connectivity index (χ1) is 7.65. The normalized spacial score (nSPS) is 10.8. The molecule has 0 saturated heterocycles. The molecule has 0 aliphatic rings. The summed E-state index contributed by atoms with van der Waals surface area (Å²) in [6, 6.07) is 6.43. The topological polar surface area (TPSA) is 24.9 Å². The number of hydrogen-bond donors (Lipinski definition) is 1. The molecular weight excluding hydrogens is 264 g/mol. The number of fused-ring (bicyclic) bond motifs is 1. The molecule has 0 amide bonds. The maximum atomic E-state index is 4.67. The van der Waals surface area contributed by atoms with Crippen LogP contribution in [-0.4, -0.2) is 12.0 Å². The van der Waals surface area contributed by atoms with Crippen LogP contribution in [0.25, 0.3) is 10.9 Å². The molecule has 0 unspecified atom stereocenters. The van der Waals surface area contributed by atoms with Crippen molar-refractivity contribution in [2.45, 2.75) is 20.3 Å². The van der Waals surface area contributed by atoms with Gasteiger partial charge in [0, 0.05) is 16.9 Å². The van der Waals surface area contributed by atoms with Gasteiger partial charge < -0.3 is 5.32 Å². The molecule has 2 rings (SSSR count). The average molecular weight is 279 g/mol. The van der Waals surface area contributed by atoms with Gasteiger partial charge in [-0.15, -0.1) is 0 Å². The number of aromatic nitrogens is 1. The Hall–Kier alpha value is -1.09. The van der Waals surface area contributed by atoms with Crippen LogP contribution in [0.5, 0.6) is 0 Å². The standard InChI is InChI=1S/C13H15BrN2/c1-4-9-6-10-7-11(14)5-8(2)12(10)16-13(9)15-3/h5-7H,4H2,1-3H3,(H,15,16). The Morgan fingerprint density at radius 1 is 1.31 bits per heavy atom. The predicted molar refractivity (Wildman–Crippen MR) is 73.1 cm³/mol. The first-order valence-corrected chi connectivity index (χ1v) is 6.22. The van der Waals surface area contributed by atoms with Crippen molar-refractivity contribution in [1.82, 2.24) is 4.98 Å². The molecule has 0 aliphatic carbocycles. The van der Waals surface area contributed by atoms with Crippen molar-refractivity contribution >= 4 is 32.7 Å². The number of nitrogens with zero attached hydrogens (tertiary/aromatic N) is 1. The molecule has 2 nitrogen and oxygen atoms in total. The molecule has 0 saturated carbocycles. The summed E-state index contributed by atoms with van der Waals surface area (Å²) in [6.45, 7) is 4.24. The Labute approximate surface area is 104 Å². The van der Waals surface area contributed by atoms with Crippen LogP contribution >= 0.6 is 15.9 Å². The van der Waals surface area contributed by atoms with Crippen molar-refractivity contribution in [2.75, 3.05) is 12.4 Å². The van der Waals surface area contributed by atoms with Gasteiger partial charge in [0.05, 0.1) is 5.52 Å². The highest BCUT2D eigenvalue weighted by atomic mass is 79.9. The van der Waals surface area contributed by atoms with Crippen molar-refractivity contribution in [3.8, 4) is 0 Å². The fourth-order valence-electron chi connectivity index (χ4n) is 1.95. The van der Waals surface area contributed by atoms with Crippen LogP contribution in [0.4, 0.5) is 5.82 Å². The van der Waals surface area contributed by atoms with Crippen molar-refractivity contribution in [1.29, 1.82) is 0 Å². The number of pyridine rings is 1. The third-order valence-corrected chi connectivity index (χ3v) is 3.23. The number of anilines is 1. The van der Waals surface area contributed by atoms with Crippen LogP contribution < -0.4 is 5.32 Å². The minimum Gasteiger partial charge on any atom is -0.373 e. The Morgan fingerprint density at radius 3 is 2.69 bits per heavy atom. The van der Waals surface area contributed by atoms with Crippen LogP contribution in [0.2, 0.25) is 0 Å². The number of nitrogens with one attached hydrogen (secondary N) is 1. The summed E-state index contributed by atoms with van der Waals surface area (Å²) in [6.07, 6.45) is 0.991. The zero-order valence-electron chi connectivity index (χ0n) is 9.76. The van der Waals surface area contributed by atoms with Crippen LogP contribution in [0.15, 0.2) is 22.7 Å². The van der Waals surface area contributed by atoms with Crippen molar-refractivity contribution in [3.63, 3.8) is 0 Å². The van der Waals surface area contributed by atoms with Gasteiger partial charge in [-0.3, -0.25) is 0 Å². The molecule has 0 radical (unpaired) electrons.